The van der Waals surface area contributed by atoms with Crippen LogP contribution < -0.4 is 5.32 Å². The number of benzene rings is 1. The van der Waals surface area contributed by atoms with E-state index in [2.05, 4.69) is 21.2 Å². The lowest BCUT2D eigenvalue weighted by Gasteiger charge is -2.11. The van der Waals surface area contributed by atoms with Gasteiger partial charge >= 0.3 is 0 Å². The monoisotopic (exact) mass is 317 g/mol. The first-order valence-corrected chi connectivity index (χ1v) is 7.11. The molecule has 1 aromatic carbocycles. The Morgan fingerprint density at radius 2 is 2.12 bits per heavy atom. The fourth-order valence-corrected chi connectivity index (χ4v) is 2.36. The average Bonchev–Trinajstić information content (AvgIpc) is 2.32. The number of carbonyl (C=O) groups excluding carboxylic acids is 1. The summed E-state index contributed by atoms with van der Waals surface area (Å²) < 4.78 is 1.03. The molecule has 0 spiro atoms. The van der Waals surface area contributed by atoms with Gasteiger partial charge in [-0.2, -0.15) is 0 Å². The van der Waals surface area contributed by atoms with E-state index in [1.165, 1.54) is 11.8 Å². The van der Waals surface area contributed by atoms with Gasteiger partial charge in [0, 0.05) is 22.5 Å². The smallest absolute Gasteiger partial charge is 0.233 e. The highest BCUT2D eigenvalue weighted by molar-refractivity contribution is 9.10. The molecule has 1 atom stereocenters. The fraction of sp³-hybridized carbons (Fsp3) is 0.417. The highest BCUT2D eigenvalue weighted by Crippen LogP contribution is 2.24. The maximum absolute atomic E-state index is 11.7. The zero-order chi connectivity index (χ0) is 12.7. The van der Waals surface area contributed by atoms with Gasteiger partial charge in [-0.15, -0.1) is 11.8 Å². The van der Waals surface area contributed by atoms with Crippen molar-refractivity contribution in [3.8, 4) is 0 Å². The van der Waals surface area contributed by atoms with Crippen LogP contribution in [0.25, 0.3) is 0 Å². The van der Waals surface area contributed by atoms with Gasteiger partial charge in [0.25, 0.3) is 0 Å². The lowest BCUT2D eigenvalue weighted by Crippen LogP contribution is -2.31. The van der Waals surface area contributed by atoms with Gasteiger partial charge in [-0.05, 0) is 37.6 Å². The minimum atomic E-state index is -0.130. The molecule has 0 bridgehead atoms. The summed E-state index contributed by atoms with van der Waals surface area (Å²) in [5, 5.41) is 11.3. The number of hydrogen-bond donors (Lipinski definition) is 2. The van der Waals surface area contributed by atoms with Gasteiger partial charge in [0.2, 0.25) is 5.91 Å². The van der Waals surface area contributed by atoms with Gasteiger partial charge in [0.1, 0.15) is 0 Å². The zero-order valence-corrected chi connectivity index (χ0v) is 12.1. The summed E-state index contributed by atoms with van der Waals surface area (Å²) in [4.78, 5) is 12.7. The molecular weight excluding hydrogens is 302 g/mol. The third kappa shape index (κ3) is 5.57. The molecule has 5 heteroatoms. The molecule has 0 saturated heterocycles. The van der Waals surface area contributed by atoms with E-state index in [0.717, 1.165) is 9.37 Å². The van der Waals surface area contributed by atoms with Crippen LogP contribution in [0.1, 0.15) is 13.3 Å². The molecule has 0 aromatic heterocycles. The topological polar surface area (TPSA) is 49.3 Å². The number of aliphatic hydroxyl groups excluding tert-OH is 1. The molecule has 1 unspecified atom stereocenters. The minimum absolute atomic E-state index is 0.00590. The van der Waals surface area contributed by atoms with Crippen LogP contribution in [0.4, 0.5) is 0 Å². The van der Waals surface area contributed by atoms with Crippen LogP contribution in [-0.4, -0.2) is 29.4 Å². The Hall–Kier alpha value is -0.520. The predicted molar refractivity (Wildman–Crippen MR) is 74.2 cm³/mol. The molecule has 3 nitrogen and oxygen atoms in total. The van der Waals surface area contributed by atoms with Crippen LogP contribution in [0, 0.1) is 0 Å². The number of aliphatic hydroxyl groups is 1. The van der Waals surface area contributed by atoms with Crippen molar-refractivity contribution in [1.82, 2.24) is 5.32 Å². The molecule has 17 heavy (non-hydrogen) atoms. The Labute approximate surface area is 114 Å². The van der Waals surface area contributed by atoms with Gasteiger partial charge in [-0.25, -0.2) is 0 Å². The summed E-state index contributed by atoms with van der Waals surface area (Å²) in [5.41, 5.74) is 0. The number of hydrogen-bond acceptors (Lipinski definition) is 3. The predicted octanol–water partition coefficient (Wildman–Crippen LogP) is 2.43. The number of thioether (sulfide) groups is 1. The molecule has 1 amide bonds. The van der Waals surface area contributed by atoms with Crippen LogP contribution in [0.3, 0.4) is 0 Å². The molecular formula is C12H16BrNO2S. The molecule has 0 aliphatic carbocycles. The van der Waals surface area contributed by atoms with Gasteiger partial charge in [0.15, 0.2) is 0 Å². The van der Waals surface area contributed by atoms with Crippen LogP contribution in [-0.2, 0) is 4.79 Å². The maximum atomic E-state index is 11.7. The normalized spacial score (nSPS) is 12.2. The SMILES string of the molecule is CC(Sc1ccc(Br)cc1)C(=O)NCCCO. The van der Waals surface area contributed by atoms with Crippen LogP contribution in [0.5, 0.6) is 0 Å². The molecule has 0 fully saturated rings. The number of amides is 1. The first-order valence-electron chi connectivity index (χ1n) is 5.44. The van der Waals surface area contributed by atoms with Crippen molar-refractivity contribution in [3.63, 3.8) is 0 Å². The maximum Gasteiger partial charge on any atom is 0.233 e. The van der Waals surface area contributed by atoms with Crippen molar-refractivity contribution in [2.75, 3.05) is 13.2 Å². The van der Waals surface area contributed by atoms with Crippen molar-refractivity contribution in [3.05, 3.63) is 28.7 Å². The van der Waals surface area contributed by atoms with E-state index < -0.39 is 0 Å². The highest BCUT2D eigenvalue weighted by Gasteiger charge is 2.13. The fourth-order valence-electron chi connectivity index (χ4n) is 1.21. The minimum Gasteiger partial charge on any atom is -0.396 e. The largest absolute Gasteiger partial charge is 0.396 e. The molecule has 1 aromatic rings. The highest BCUT2D eigenvalue weighted by atomic mass is 79.9. The van der Waals surface area contributed by atoms with Crippen molar-refractivity contribution in [2.45, 2.75) is 23.5 Å². The third-order valence-corrected chi connectivity index (χ3v) is 3.77. The number of halogens is 1. The van der Waals surface area contributed by atoms with Crippen LogP contribution in [0.15, 0.2) is 33.6 Å². The second-order valence-corrected chi connectivity index (χ2v) is 5.91. The van der Waals surface area contributed by atoms with Crippen LogP contribution in [0.2, 0.25) is 0 Å². The van der Waals surface area contributed by atoms with E-state index in [-0.39, 0.29) is 17.8 Å². The lowest BCUT2D eigenvalue weighted by molar-refractivity contribution is -0.120. The van der Waals surface area contributed by atoms with Crippen molar-refractivity contribution in [2.24, 2.45) is 0 Å². The van der Waals surface area contributed by atoms with Crippen molar-refractivity contribution < 1.29 is 9.90 Å². The molecule has 0 radical (unpaired) electrons. The molecule has 94 valence electrons. The van der Waals surface area contributed by atoms with Crippen molar-refractivity contribution in [1.29, 1.82) is 0 Å². The Kier molecular flexibility index (Phi) is 6.62. The first kappa shape index (κ1) is 14.5. The molecule has 0 heterocycles. The quantitative estimate of drug-likeness (QED) is 0.626. The summed E-state index contributed by atoms with van der Waals surface area (Å²) >= 11 is 4.89. The molecule has 0 aliphatic heterocycles. The van der Waals surface area contributed by atoms with Crippen LogP contribution >= 0.6 is 27.7 Å². The Morgan fingerprint density at radius 1 is 1.47 bits per heavy atom. The lowest BCUT2D eigenvalue weighted by atomic mass is 10.4. The second kappa shape index (κ2) is 7.74. The summed E-state index contributed by atoms with van der Waals surface area (Å²) in [6.45, 7) is 2.51. The second-order valence-electron chi connectivity index (χ2n) is 3.58. The van der Waals surface area contributed by atoms with Gasteiger partial charge in [-0.1, -0.05) is 15.9 Å². The number of nitrogens with one attached hydrogen (secondary N) is 1. The molecule has 0 aliphatic rings. The summed E-state index contributed by atoms with van der Waals surface area (Å²) in [6, 6.07) is 7.87. The Balaban J connectivity index is 2.40. The zero-order valence-electron chi connectivity index (χ0n) is 9.65. The van der Waals surface area contributed by atoms with Gasteiger partial charge < -0.3 is 10.4 Å². The van der Waals surface area contributed by atoms with Crippen molar-refractivity contribution >= 4 is 33.6 Å². The standard InChI is InChI=1S/C12H16BrNO2S/c1-9(12(16)14-7-2-8-15)17-11-5-3-10(13)4-6-11/h3-6,9,15H,2,7-8H2,1H3,(H,14,16). The van der Waals surface area contributed by atoms with E-state index in [9.17, 15) is 4.79 Å². The third-order valence-electron chi connectivity index (χ3n) is 2.13. The Bertz CT molecular complexity index is 356. The van der Waals surface area contributed by atoms with E-state index in [4.69, 9.17) is 5.11 Å². The van der Waals surface area contributed by atoms with Gasteiger partial charge in [0.05, 0.1) is 5.25 Å². The van der Waals surface area contributed by atoms with E-state index in [1.54, 1.807) is 0 Å². The van der Waals surface area contributed by atoms with E-state index in [0.29, 0.717) is 13.0 Å². The molecule has 0 saturated carbocycles. The van der Waals surface area contributed by atoms with E-state index in [1.807, 2.05) is 31.2 Å². The molecule has 1 rings (SSSR count). The first-order chi connectivity index (χ1) is 8.13. The molecule has 2 N–H and O–H groups in total. The van der Waals surface area contributed by atoms with Gasteiger partial charge in [-0.3, -0.25) is 4.79 Å². The Morgan fingerprint density at radius 3 is 2.71 bits per heavy atom. The number of rotatable bonds is 6. The summed E-state index contributed by atoms with van der Waals surface area (Å²) in [7, 11) is 0. The van der Waals surface area contributed by atoms with E-state index >= 15 is 0 Å². The summed E-state index contributed by atoms with van der Waals surface area (Å²) in [5.74, 6) is 0.00590. The average molecular weight is 318 g/mol. The number of carbonyl (C=O) groups is 1. The summed E-state index contributed by atoms with van der Waals surface area (Å²) in [6.07, 6.45) is 0.599.